The maximum absolute atomic E-state index is 13.0. The summed E-state index contributed by atoms with van der Waals surface area (Å²) in [5.74, 6) is 0. The molecule has 0 aromatic heterocycles. The van der Waals surface area contributed by atoms with Gasteiger partial charge in [-0.1, -0.05) is 76.6 Å². The number of benzene rings is 5. The van der Waals surface area contributed by atoms with E-state index in [0.717, 1.165) is 32.7 Å². The standard InChI is InChI=1S/C30H22BrNO2S/c31-25-15-21-30(22-16-25)35(33,34)29-19-13-24(14-20-29)23-11-17-28(18-12-23)32(26-7-3-1-4-8-26)27-9-5-2-6-10-27/h1-22H. The Hall–Kier alpha value is -3.67. The summed E-state index contributed by atoms with van der Waals surface area (Å²) in [7, 11) is -3.56. The highest BCUT2D eigenvalue weighted by molar-refractivity contribution is 9.10. The summed E-state index contributed by atoms with van der Waals surface area (Å²) in [6.45, 7) is 0. The lowest BCUT2D eigenvalue weighted by Crippen LogP contribution is -2.09. The van der Waals surface area contributed by atoms with Gasteiger partial charge in [0.1, 0.15) is 0 Å². The van der Waals surface area contributed by atoms with E-state index >= 15 is 0 Å². The fourth-order valence-electron chi connectivity index (χ4n) is 3.98. The summed E-state index contributed by atoms with van der Waals surface area (Å²) >= 11 is 3.35. The van der Waals surface area contributed by atoms with Crippen LogP contribution in [0.5, 0.6) is 0 Å². The highest BCUT2D eigenvalue weighted by Gasteiger charge is 2.17. The molecule has 0 radical (unpaired) electrons. The number of sulfone groups is 1. The molecule has 0 aliphatic rings. The number of rotatable bonds is 6. The SMILES string of the molecule is O=S(=O)(c1ccc(Br)cc1)c1ccc(-c2ccc(N(c3ccccc3)c3ccccc3)cc2)cc1. The summed E-state index contributed by atoms with van der Waals surface area (Å²) < 4.78 is 26.8. The Labute approximate surface area is 214 Å². The van der Waals surface area contributed by atoms with Crippen molar-refractivity contribution in [3.63, 3.8) is 0 Å². The first-order chi connectivity index (χ1) is 17.0. The summed E-state index contributed by atoms with van der Waals surface area (Å²) in [6, 6.07) is 42.5. The molecule has 0 amide bonds. The predicted molar refractivity (Wildman–Crippen MR) is 146 cm³/mol. The zero-order valence-electron chi connectivity index (χ0n) is 18.8. The summed E-state index contributed by atoms with van der Waals surface area (Å²) in [4.78, 5) is 2.76. The highest BCUT2D eigenvalue weighted by Crippen LogP contribution is 2.35. The average molecular weight is 540 g/mol. The number of para-hydroxylation sites is 2. The predicted octanol–water partition coefficient (Wildman–Crippen LogP) is 8.42. The van der Waals surface area contributed by atoms with Crippen molar-refractivity contribution >= 4 is 42.8 Å². The second kappa shape index (κ2) is 9.90. The van der Waals surface area contributed by atoms with Crippen molar-refractivity contribution < 1.29 is 8.42 Å². The first kappa shape index (κ1) is 23.1. The van der Waals surface area contributed by atoms with Crippen LogP contribution in [0.15, 0.2) is 148 Å². The quantitative estimate of drug-likeness (QED) is 0.217. The fraction of sp³-hybridized carbons (Fsp3) is 0. The molecule has 0 fully saturated rings. The van der Waals surface area contributed by atoms with Crippen molar-refractivity contribution in [2.45, 2.75) is 9.79 Å². The third-order valence-corrected chi connectivity index (χ3v) is 8.09. The summed E-state index contributed by atoms with van der Waals surface area (Å²) in [6.07, 6.45) is 0. The van der Waals surface area contributed by atoms with E-state index in [4.69, 9.17) is 0 Å². The molecule has 5 rings (SSSR count). The monoisotopic (exact) mass is 539 g/mol. The van der Waals surface area contributed by atoms with E-state index in [2.05, 4.69) is 69.4 Å². The van der Waals surface area contributed by atoms with Gasteiger partial charge in [0.15, 0.2) is 0 Å². The first-order valence-corrected chi connectivity index (χ1v) is 13.4. The van der Waals surface area contributed by atoms with Crippen LogP contribution in [0.2, 0.25) is 0 Å². The van der Waals surface area contributed by atoms with Crippen LogP contribution >= 0.6 is 15.9 Å². The number of anilines is 3. The molecule has 35 heavy (non-hydrogen) atoms. The molecule has 172 valence electrons. The molecule has 3 nitrogen and oxygen atoms in total. The molecular weight excluding hydrogens is 518 g/mol. The van der Waals surface area contributed by atoms with Gasteiger partial charge in [0.05, 0.1) is 9.79 Å². The third-order valence-electron chi connectivity index (χ3n) is 5.78. The average Bonchev–Trinajstić information content (AvgIpc) is 2.91. The van der Waals surface area contributed by atoms with Gasteiger partial charge in [-0.15, -0.1) is 0 Å². The molecule has 0 aliphatic heterocycles. The van der Waals surface area contributed by atoms with E-state index in [1.165, 1.54) is 0 Å². The van der Waals surface area contributed by atoms with E-state index < -0.39 is 9.84 Å². The Bertz CT molecular complexity index is 1480. The maximum atomic E-state index is 13.0. The van der Waals surface area contributed by atoms with Gasteiger partial charge in [-0.2, -0.15) is 0 Å². The molecule has 0 atom stereocenters. The number of nitrogens with zero attached hydrogens (tertiary/aromatic N) is 1. The molecule has 5 aromatic carbocycles. The largest absolute Gasteiger partial charge is 0.311 e. The highest BCUT2D eigenvalue weighted by atomic mass is 79.9. The van der Waals surface area contributed by atoms with Crippen LogP contribution in [0.4, 0.5) is 17.1 Å². The van der Waals surface area contributed by atoms with Crippen molar-refractivity contribution in [2.24, 2.45) is 0 Å². The minimum atomic E-state index is -3.56. The molecule has 0 heterocycles. The topological polar surface area (TPSA) is 37.4 Å². The van der Waals surface area contributed by atoms with E-state index in [1.807, 2.05) is 48.5 Å². The third kappa shape index (κ3) is 4.92. The van der Waals surface area contributed by atoms with Crippen molar-refractivity contribution in [1.29, 1.82) is 0 Å². The van der Waals surface area contributed by atoms with Crippen molar-refractivity contribution in [3.05, 3.63) is 138 Å². The van der Waals surface area contributed by atoms with Crippen LogP contribution in [0, 0.1) is 0 Å². The molecule has 0 unspecified atom stereocenters. The Morgan fingerprint density at radius 3 is 1.29 bits per heavy atom. The zero-order chi connectivity index (χ0) is 24.3. The fourth-order valence-corrected chi connectivity index (χ4v) is 5.51. The lowest BCUT2D eigenvalue weighted by Gasteiger charge is -2.25. The van der Waals surface area contributed by atoms with Crippen LogP contribution in [-0.4, -0.2) is 8.42 Å². The lowest BCUT2D eigenvalue weighted by molar-refractivity contribution is 0.596. The number of hydrogen-bond acceptors (Lipinski definition) is 3. The molecule has 0 saturated carbocycles. The van der Waals surface area contributed by atoms with Gasteiger partial charge in [0.25, 0.3) is 0 Å². The molecule has 0 spiro atoms. The zero-order valence-corrected chi connectivity index (χ0v) is 21.2. The van der Waals surface area contributed by atoms with Crippen LogP contribution in [0.25, 0.3) is 11.1 Å². The van der Waals surface area contributed by atoms with E-state index in [-0.39, 0.29) is 9.79 Å². The summed E-state index contributed by atoms with van der Waals surface area (Å²) in [5, 5.41) is 0. The van der Waals surface area contributed by atoms with Gasteiger partial charge in [-0.3, -0.25) is 0 Å². The van der Waals surface area contributed by atoms with Crippen LogP contribution in [0.3, 0.4) is 0 Å². The van der Waals surface area contributed by atoms with Crippen LogP contribution < -0.4 is 4.90 Å². The second-order valence-corrected chi connectivity index (χ2v) is 10.9. The minimum Gasteiger partial charge on any atom is -0.311 e. The van der Waals surface area contributed by atoms with Crippen LogP contribution in [-0.2, 0) is 9.84 Å². The van der Waals surface area contributed by atoms with Crippen molar-refractivity contribution in [1.82, 2.24) is 0 Å². The van der Waals surface area contributed by atoms with Gasteiger partial charge < -0.3 is 4.90 Å². The Kier molecular flexibility index (Phi) is 6.53. The van der Waals surface area contributed by atoms with Gasteiger partial charge in [0.2, 0.25) is 9.84 Å². The maximum Gasteiger partial charge on any atom is 0.206 e. The second-order valence-electron chi connectivity index (χ2n) is 8.04. The molecule has 5 aromatic rings. The summed E-state index contributed by atoms with van der Waals surface area (Å²) in [5.41, 5.74) is 5.17. The van der Waals surface area contributed by atoms with Crippen LogP contribution in [0.1, 0.15) is 0 Å². The molecule has 0 aliphatic carbocycles. The van der Waals surface area contributed by atoms with Gasteiger partial charge in [-0.25, -0.2) is 8.42 Å². The molecule has 0 N–H and O–H groups in total. The van der Waals surface area contributed by atoms with E-state index in [1.54, 1.807) is 36.4 Å². The van der Waals surface area contributed by atoms with Gasteiger partial charge in [0, 0.05) is 21.5 Å². The Morgan fingerprint density at radius 2 is 0.829 bits per heavy atom. The van der Waals surface area contributed by atoms with Crippen molar-refractivity contribution in [2.75, 3.05) is 4.90 Å². The van der Waals surface area contributed by atoms with E-state index in [9.17, 15) is 8.42 Å². The lowest BCUT2D eigenvalue weighted by atomic mass is 10.0. The molecule has 5 heteroatoms. The van der Waals surface area contributed by atoms with Crippen molar-refractivity contribution in [3.8, 4) is 11.1 Å². The Balaban J connectivity index is 1.44. The minimum absolute atomic E-state index is 0.277. The first-order valence-electron chi connectivity index (χ1n) is 11.1. The van der Waals surface area contributed by atoms with Gasteiger partial charge >= 0.3 is 0 Å². The normalized spacial score (nSPS) is 11.2. The number of halogens is 1. The Morgan fingerprint density at radius 1 is 0.457 bits per heavy atom. The molecule has 0 bridgehead atoms. The van der Waals surface area contributed by atoms with E-state index in [0.29, 0.717) is 0 Å². The smallest absolute Gasteiger partial charge is 0.206 e. The van der Waals surface area contributed by atoms with Gasteiger partial charge in [-0.05, 0) is 83.9 Å². The molecular formula is C30H22BrNO2S. The molecule has 0 saturated heterocycles. The number of hydrogen-bond donors (Lipinski definition) is 0.